The third kappa shape index (κ3) is 4.82. The van der Waals surface area contributed by atoms with Gasteiger partial charge in [-0.05, 0) is 26.8 Å². The lowest BCUT2D eigenvalue weighted by molar-refractivity contribution is -0.385. The van der Waals surface area contributed by atoms with E-state index < -0.39 is 23.1 Å². The number of ether oxygens (including phenoxy) is 2. The highest BCUT2D eigenvalue weighted by Gasteiger charge is 2.19. The van der Waals surface area contributed by atoms with Gasteiger partial charge < -0.3 is 15.2 Å². The first-order chi connectivity index (χ1) is 8.69. The predicted octanol–water partition coefficient (Wildman–Crippen LogP) is 1.90. The van der Waals surface area contributed by atoms with Gasteiger partial charge in [-0.15, -0.1) is 0 Å². The average molecular weight is 268 g/mol. The Morgan fingerprint density at radius 3 is 2.58 bits per heavy atom. The van der Waals surface area contributed by atoms with Crippen molar-refractivity contribution in [2.24, 2.45) is 0 Å². The molecule has 0 saturated carbocycles. The van der Waals surface area contributed by atoms with E-state index >= 15 is 0 Å². The fraction of sp³-hybridized carbons (Fsp3) is 0.417. The van der Waals surface area contributed by atoms with Crippen molar-refractivity contribution in [2.45, 2.75) is 26.4 Å². The first-order valence-electron chi connectivity index (χ1n) is 5.57. The maximum absolute atomic E-state index is 11.4. The molecule has 0 aliphatic heterocycles. The Hall–Kier alpha value is -2.31. The number of nitro groups is 1. The summed E-state index contributed by atoms with van der Waals surface area (Å²) < 4.78 is 10.1. The molecule has 104 valence electrons. The molecule has 1 aromatic carbocycles. The predicted molar refractivity (Wildman–Crippen MR) is 68.8 cm³/mol. The minimum atomic E-state index is -0.637. The molecule has 0 saturated heterocycles. The Kier molecular flexibility index (Phi) is 4.31. The molecule has 0 amide bonds. The molecule has 2 N–H and O–H groups in total. The summed E-state index contributed by atoms with van der Waals surface area (Å²) in [6, 6.07) is 3.90. The van der Waals surface area contributed by atoms with Gasteiger partial charge in [0.2, 0.25) is 0 Å². The molecule has 0 aliphatic carbocycles. The van der Waals surface area contributed by atoms with Gasteiger partial charge in [0.25, 0.3) is 0 Å². The van der Waals surface area contributed by atoms with E-state index in [0.717, 1.165) is 0 Å². The van der Waals surface area contributed by atoms with Crippen molar-refractivity contribution in [3.63, 3.8) is 0 Å². The fourth-order valence-electron chi connectivity index (χ4n) is 1.30. The van der Waals surface area contributed by atoms with Crippen LogP contribution in [0.2, 0.25) is 0 Å². The highest BCUT2D eigenvalue weighted by Crippen LogP contribution is 2.28. The van der Waals surface area contributed by atoms with Crippen LogP contribution in [0.3, 0.4) is 0 Å². The summed E-state index contributed by atoms with van der Waals surface area (Å²) in [5, 5.41) is 10.8. The number of nitrogen functional groups attached to an aromatic ring is 1. The second-order valence-electron chi connectivity index (χ2n) is 4.86. The van der Waals surface area contributed by atoms with Crippen LogP contribution in [-0.4, -0.2) is 23.1 Å². The van der Waals surface area contributed by atoms with Crippen LogP contribution in [0.5, 0.6) is 5.75 Å². The van der Waals surface area contributed by atoms with Crippen molar-refractivity contribution in [1.29, 1.82) is 0 Å². The lowest BCUT2D eigenvalue weighted by atomic mass is 10.2. The second kappa shape index (κ2) is 5.55. The molecule has 0 fully saturated rings. The smallest absolute Gasteiger partial charge is 0.344 e. The van der Waals surface area contributed by atoms with Crippen LogP contribution in [0.25, 0.3) is 0 Å². The Bertz CT molecular complexity index is 493. The number of nitrogens with zero attached hydrogens (tertiary/aromatic N) is 1. The van der Waals surface area contributed by atoms with Crippen molar-refractivity contribution in [3.05, 3.63) is 28.3 Å². The number of hydrogen-bond donors (Lipinski definition) is 1. The topological polar surface area (TPSA) is 105 Å². The number of rotatable bonds is 4. The first kappa shape index (κ1) is 14.7. The van der Waals surface area contributed by atoms with Crippen molar-refractivity contribution in [1.82, 2.24) is 0 Å². The molecule has 7 nitrogen and oxygen atoms in total. The van der Waals surface area contributed by atoms with Crippen molar-refractivity contribution in [2.75, 3.05) is 12.3 Å². The number of hydrogen-bond acceptors (Lipinski definition) is 6. The monoisotopic (exact) mass is 268 g/mol. The third-order valence-corrected chi connectivity index (χ3v) is 1.95. The molecule has 1 rings (SSSR count). The van der Waals surface area contributed by atoms with Gasteiger partial charge >= 0.3 is 11.7 Å². The van der Waals surface area contributed by atoms with Crippen molar-refractivity contribution < 1.29 is 19.2 Å². The number of nitrogens with two attached hydrogens (primary N) is 1. The molecule has 0 aromatic heterocycles. The van der Waals surface area contributed by atoms with Crippen LogP contribution >= 0.6 is 0 Å². The van der Waals surface area contributed by atoms with E-state index in [0.29, 0.717) is 5.69 Å². The van der Waals surface area contributed by atoms with Crippen LogP contribution in [-0.2, 0) is 9.53 Å². The summed E-state index contributed by atoms with van der Waals surface area (Å²) in [7, 11) is 0. The zero-order valence-corrected chi connectivity index (χ0v) is 11.0. The van der Waals surface area contributed by atoms with E-state index in [9.17, 15) is 14.9 Å². The standard InChI is InChI=1S/C12H16N2O5/c1-12(2,3)19-11(15)7-18-10-6-8(13)4-5-9(10)14(16)17/h4-6H,7,13H2,1-3H3. The van der Waals surface area contributed by atoms with Crippen LogP contribution in [0.4, 0.5) is 11.4 Å². The summed E-state index contributed by atoms with van der Waals surface area (Å²) >= 11 is 0. The maximum atomic E-state index is 11.4. The zero-order valence-electron chi connectivity index (χ0n) is 11.0. The molecule has 0 bridgehead atoms. The van der Waals surface area contributed by atoms with Gasteiger partial charge in [0, 0.05) is 17.8 Å². The molecule has 0 aliphatic rings. The molecule has 0 unspecified atom stereocenters. The molecule has 0 heterocycles. The summed E-state index contributed by atoms with van der Waals surface area (Å²) in [5.74, 6) is -0.667. The number of carbonyl (C=O) groups is 1. The normalized spacial score (nSPS) is 10.9. The number of nitro benzene ring substituents is 1. The SMILES string of the molecule is CC(C)(C)OC(=O)COc1cc(N)ccc1[N+](=O)[O-]. The van der Waals surface area contributed by atoms with Gasteiger partial charge in [0.05, 0.1) is 4.92 Å². The number of anilines is 1. The van der Waals surface area contributed by atoms with Gasteiger partial charge in [-0.25, -0.2) is 4.79 Å². The van der Waals surface area contributed by atoms with E-state index in [1.54, 1.807) is 20.8 Å². The molecule has 1 aromatic rings. The van der Waals surface area contributed by atoms with E-state index in [1.165, 1.54) is 18.2 Å². The Balaban J connectivity index is 2.75. The fourth-order valence-corrected chi connectivity index (χ4v) is 1.30. The van der Waals surface area contributed by atoms with Crippen molar-refractivity contribution in [3.8, 4) is 5.75 Å². The highest BCUT2D eigenvalue weighted by molar-refractivity contribution is 5.72. The van der Waals surface area contributed by atoms with Crippen molar-refractivity contribution >= 4 is 17.3 Å². The maximum Gasteiger partial charge on any atom is 0.344 e. The Morgan fingerprint density at radius 2 is 2.05 bits per heavy atom. The van der Waals surface area contributed by atoms with Crippen LogP contribution in [0.15, 0.2) is 18.2 Å². The van der Waals surface area contributed by atoms with Gasteiger partial charge in [-0.3, -0.25) is 10.1 Å². The van der Waals surface area contributed by atoms with E-state index in [2.05, 4.69) is 0 Å². The second-order valence-corrected chi connectivity index (χ2v) is 4.86. The largest absolute Gasteiger partial charge is 0.475 e. The lowest BCUT2D eigenvalue weighted by Crippen LogP contribution is -2.27. The summed E-state index contributed by atoms with van der Waals surface area (Å²) in [6.45, 7) is 4.73. The Labute approximate surface area is 110 Å². The quantitative estimate of drug-likeness (QED) is 0.387. The van der Waals surface area contributed by atoms with Gasteiger partial charge in [-0.2, -0.15) is 0 Å². The van der Waals surface area contributed by atoms with E-state index in [1.807, 2.05) is 0 Å². The number of esters is 1. The molecule has 0 radical (unpaired) electrons. The molecule has 19 heavy (non-hydrogen) atoms. The highest BCUT2D eigenvalue weighted by atomic mass is 16.6. The van der Waals surface area contributed by atoms with Gasteiger partial charge in [0.1, 0.15) is 5.60 Å². The first-order valence-corrected chi connectivity index (χ1v) is 5.57. The van der Waals surface area contributed by atoms with Crippen LogP contribution < -0.4 is 10.5 Å². The number of benzene rings is 1. The third-order valence-electron chi connectivity index (χ3n) is 1.95. The van der Waals surface area contributed by atoms with Crippen LogP contribution in [0, 0.1) is 10.1 Å². The Morgan fingerprint density at radius 1 is 1.42 bits per heavy atom. The molecule has 7 heteroatoms. The van der Waals surface area contributed by atoms with Crippen LogP contribution in [0.1, 0.15) is 20.8 Å². The van der Waals surface area contributed by atoms with E-state index in [-0.39, 0.29) is 11.4 Å². The lowest BCUT2D eigenvalue weighted by Gasteiger charge is -2.19. The van der Waals surface area contributed by atoms with Gasteiger partial charge in [0.15, 0.2) is 12.4 Å². The van der Waals surface area contributed by atoms with Gasteiger partial charge in [-0.1, -0.05) is 0 Å². The minimum Gasteiger partial charge on any atom is -0.475 e. The molecule has 0 atom stereocenters. The summed E-state index contributed by atoms with van der Waals surface area (Å²) in [5.41, 5.74) is 4.94. The summed E-state index contributed by atoms with van der Waals surface area (Å²) in [6.07, 6.45) is 0. The average Bonchev–Trinajstić information content (AvgIpc) is 2.23. The zero-order chi connectivity index (χ0) is 14.6. The molecular formula is C12H16N2O5. The summed E-state index contributed by atoms with van der Waals surface area (Å²) in [4.78, 5) is 21.6. The minimum absolute atomic E-state index is 0.0594. The number of carbonyl (C=O) groups excluding carboxylic acids is 1. The van der Waals surface area contributed by atoms with E-state index in [4.69, 9.17) is 15.2 Å². The molecule has 0 spiro atoms. The molecular weight excluding hydrogens is 252 g/mol.